The van der Waals surface area contributed by atoms with Gasteiger partial charge < -0.3 is 14.9 Å². The Balaban J connectivity index is 2.19. The molecule has 0 radical (unpaired) electrons. The van der Waals surface area contributed by atoms with E-state index < -0.39 is 5.97 Å². The van der Waals surface area contributed by atoms with E-state index in [1.54, 1.807) is 0 Å². The quantitative estimate of drug-likeness (QED) is 0.591. The average Bonchev–Trinajstić information content (AvgIpc) is 2.86. The maximum atomic E-state index is 11.2. The summed E-state index contributed by atoms with van der Waals surface area (Å²) >= 11 is 0. The highest BCUT2D eigenvalue weighted by Gasteiger charge is 2.70. The molecule has 0 aromatic heterocycles. The fourth-order valence-corrected chi connectivity index (χ4v) is 6.30. The zero-order valence-corrected chi connectivity index (χ0v) is 16.5. The van der Waals surface area contributed by atoms with Gasteiger partial charge in [0.1, 0.15) is 0 Å². The van der Waals surface area contributed by atoms with Crippen LogP contribution in [-0.4, -0.2) is 35.0 Å². The van der Waals surface area contributed by atoms with Gasteiger partial charge in [0.05, 0.1) is 18.8 Å². The lowest BCUT2D eigenvalue weighted by atomic mass is 9.50. The topological polar surface area (TPSA) is 66.8 Å². The van der Waals surface area contributed by atoms with Gasteiger partial charge in [0.25, 0.3) is 0 Å². The summed E-state index contributed by atoms with van der Waals surface area (Å²) in [5.41, 5.74) is 2.71. The monoisotopic (exact) mass is 358 g/mol. The number of ether oxygens (including phenoxy) is 1. The molecule has 142 valence electrons. The minimum absolute atomic E-state index is 0.00314. The van der Waals surface area contributed by atoms with Crippen LogP contribution >= 0.6 is 0 Å². The molecule has 3 aliphatic rings. The van der Waals surface area contributed by atoms with E-state index in [2.05, 4.69) is 46.8 Å². The Morgan fingerprint density at radius 3 is 2.46 bits per heavy atom. The SMILES string of the molecule is CC1=C[C@](C)(/C=C/C(=O)O)[C@@H]2C(C)=C[C@]3(C)[C@@H](/C(C)=C/CO)O[C@H]1[C@]23C. The van der Waals surface area contributed by atoms with Gasteiger partial charge in [-0.2, -0.15) is 0 Å². The number of rotatable bonds is 4. The summed E-state index contributed by atoms with van der Waals surface area (Å²) in [5.74, 6) is -0.759. The second kappa shape index (κ2) is 5.93. The molecule has 0 aromatic rings. The zero-order chi connectivity index (χ0) is 19.5. The number of allylic oxidation sites excluding steroid dienone is 3. The fraction of sp³-hybridized carbons (Fsp3) is 0.591. The zero-order valence-electron chi connectivity index (χ0n) is 16.5. The van der Waals surface area contributed by atoms with Crippen LogP contribution in [0.15, 0.2) is 47.1 Å². The average molecular weight is 358 g/mol. The highest BCUT2D eigenvalue weighted by atomic mass is 16.5. The van der Waals surface area contributed by atoms with Crippen molar-refractivity contribution in [2.24, 2.45) is 22.2 Å². The van der Waals surface area contributed by atoms with Crippen LogP contribution in [0, 0.1) is 22.2 Å². The number of carboxylic acid groups (broad SMARTS) is 1. The minimum atomic E-state index is -0.922. The fourth-order valence-electron chi connectivity index (χ4n) is 6.30. The molecule has 1 fully saturated rings. The molecule has 2 aliphatic carbocycles. The van der Waals surface area contributed by atoms with Gasteiger partial charge in [-0.1, -0.05) is 50.6 Å². The number of hydrogen-bond acceptors (Lipinski definition) is 3. The summed E-state index contributed by atoms with van der Waals surface area (Å²) < 4.78 is 6.57. The van der Waals surface area contributed by atoms with Crippen molar-refractivity contribution in [3.8, 4) is 0 Å². The van der Waals surface area contributed by atoms with Gasteiger partial charge >= 0.3 is 5.97 Å². The Kier molecular flexibility index (Phi) is 4.36. The third-order valence-electron chi connectivity index (χ3n) is 7.09. The van der Waals surface area contributed by atoms with Gasteiger partial charge in [-0.05, 0) is 31.9 Å². The van der Waals surface area contributed by atoms with Crippen molar-refractivity contribution in [3.05, 3.63) is 47.1 Å². The number of aliphatic carboxylic acids is 1. The molecule has 0 spiro atoms. The van der Waals surface area contributed by atoms with Crippen molar-refractivity contribution >= 4 is 5.97 Å². The number of aliphatic hydroxyl groups is 1. The van der Waals surface area contributed by atoms with Crippen LogP contribution in [0.3, 0.4) is 0 Å². The Morgan fingerprint density at radius 1 is 1.23 bits per heavy atom. The maximum Gasteiger partial charge on any atom is 0.328 e. The van der Waals surface area contributed by atoms with E-state index in [1.807, 2.05) is 19.1 Å². The van der Waals surface area contributed by atoms with E-state index >= 15 is 0 Å². The van der Waals surface area contributed by atoms with Crippen LogP contribution in [0.25, 0.3) is 0 Å². The summed E-state index contributed by atoms with van der Waals surface area (Å²) in [6, 6.07) is 0. The molecule has 6 atom stereocenters. The molecule has 1 aliphatic heterocycles. The standard InChI is InChI=1S/C22H30O4/c1-13(8-10-23)18-21(5)12-14(2)17-20(4,9-7-16(24)25)11-15(3)19(26-18)22(17,21)6/h7-9,11-12,17-19,23H,10H2,1-6H3,(H,24,25)/b9-7+,13-8+/t17-,18+,19+,20-,21+,22-/m0/s1. The van der Waals surface area contributed by atoms with E-state index in [1.165, 1.54) is 11.6 Å². The first kappa shape index (κ1) is 19.1. The van der Waals surface area contributed by atoms with E-state index in [0.29, 0.717) is 0 Å². The lowest BCUT2D eigenvalue weighted by Crippen LogP contribution is -2.51. The van der Waals surface area contributed by atoms with Gasteiger partial charge in [-0.15, -0.1) is 0 Å². The van der Waals surface area contributed by atoms with Crippen LogP contribution in [0.1, 0.15) is 41.5 Å². The maximum absolute atomic E-state index is 11.2. The summed E-state index contributed by atoms with van der Waals surface area (Å²) in [5, 5.41) is 18.5. The number of aliphatic hydroxyl groups excluding tert-OH is 1. The second-order valence-corrected chi connectivity index (χ2v) is 8.84. The van der Waals surface area contributed by atoms with Crippen molar-refractivity contribution in [1.29, 1.82) is 0 Å². The lowest BCUT2D eigenvalue weighted by molar-refractivity contribution is -0.131. The Labute approximate surface area is 155 Å². The van der Waals surface area contributed by atoms with E-state index in [9.17, 15) is 9.90 Å². The Hall–Kier alpha value is -1.65. The molecule has 0 aromatic carbocycles. The predicted octanol–water partition coefficient (Wildman–Crippen LogP) is 3.89. The van der Waals surface area contributed by atoms with Crippen molar-refractivity contribution < 1.29 is 19.7 Å². The van der Waals surface area contributed by atoms with Gasteiger partial charge in [0, 0.05) is 28.2 Å². The summed E-state index contributed by atoms with van der Waals surface area (Å²) in [6.07, 6.45) is 9.31. The minimum Gasteiger partial charge on any atom is -0.478 e. The molecule has 0 saturated carbocycles. The molecule has 4 heteroatoms. The van der Waals surface area contributed by atoms with Crippen LogP contribution in [0.4, 0.5) is 0 Å². The number of carboxylic acids is 1. The number of hydrogen-bond donors (Lipinski definition) is 2. The summed E-state index contributed by atoms with van der Waals surface area (Å²) in [6.45, 7) is 12.9. The van der Waals surface area contributed by atoms with Crippen molar-refractivity contribution in [2.75, 3.05) is 6.61 Å². The first-order valence-electron chi connectivity index (χ1n) is 9.25. The molecule has 0 bridgehead atoms. The van der Waals surface area contributed by atoms with Gasteiger partial charge in [-0.25, -0.2) is 4.79 Å². The molecule has 0 amide bonds. The smallest absolute Gasteiger partial charge is 0.328 e. The van der Waals surface area contributed by atoms with Crippen LogP contribution < -0.4 is 0 Å². The van der Waals surface area contributed by atoms with Crippen molar-refractivity contribution in [1.82, 2.24) is 0 Å². The molecular formula is C22H30O4. The molecule has 0 unspecified atom stereocenters. The van der Waals surface area contributed by atoms with E-state index in [4.69, 9.17) is 9.84 Å². The third-order valence-corrected chi connectivity index (χ3v) is 7.09. The highest BCUT2D eigenvalue weighted by molar-refractivity contribution is 5.80. The first-order valence-corrected chi connectivity index (χ1v) is 9.25. The largest absolute Gasteiger partial charge is 0.478 e. The predicted molar refractivity (Wildman–Crippen MR) is 102 cm³/mol. The van der Waals surface area contributed by atoms with Gasteiger partial charge in [0.2, 0.25) is 0 Å². The first-order chi connectivity index (χ1) is 12.0. The van der Waals surface area contributed by atoms with Crippen LogP contribution in [0.5, 0.6) is 0 Å². The van der Waals surface area contributed by atoms with Crippen molar-refractivity contribution in [3.63, 3.8) is 0 Å². The van der Waals surface area contributed by atoms with Crippen LogP contribution in [0.2, 0.25) is 0 Å². The second-order valence-electron chi connectivity index (χ2n) is 8.84. The van der Waals surface area contributed by atoms with E-state index in [0.717, 1.165) is 11.1 Å². The summed E-state index contributed by atoms with van der Waals surface area (Å²) in [4.78, 5) is 11.2. The lowest BCUT2D eigenvalue weighted by Gasteiger charge is -2.52. The molecular weight excluding hydrogens is 328 g/mol. The normalized spacial score (nSPS) is 44.9. The Morgan fingerprint density at radius 2 is 1.88 bits per heavy atom. The van der Waals surface area contributed by atoms with Gasteiger partial charge in [0.15, 0.2) is 0 Å². The van der Waals surface area contributed by atoms with Crippen molar-refractivity contribution in [2.45, 2.75) is 53.8 Å². The molecule has 1 heterocycles. The van der Waals surface area contributed by atoms with Crippen LogP contribution in [-0.2, 0) is 9.53 Å². The molecule has 3 rings (SSSR count). The van der Waals surface area contributed by atoms with E-state index in [-0.39, 0.29) is 41.0 Å². The molecule has 4 nitrogen and oxygen atoms in total. The number of carbonyl (C=O) groups is 1. The van der Waals surface area contributed by atoms with Gasteiger partial charge in [-0.3, -0.25) is 0 Å². The molecule has 26 heavy (non-hydrogen) atoms. The highest BCUT2D eigenvalue weighted by Crippen LogP contribution is 2.71. The molecule has 2 N–H and O–H groups in total. The summed E-state index contributed by atoms with van der Waals surface area (Å²) in [7, 11) is 0. The molecule has 1 saturated heterocycles. The third kappa shape index (κ3) is 2.31. The Bertz CT molecular complexity index is 758.